The van der Waals surface area contributed by atoms with Gasteiger partial charge in [-0.25, -0.2) is 19.3 Å². The Morgan fingerprint density at radius 1 is 1.13 bits per heavy atom. The summed E-state index contributed by atoms with van der Waals surface area (Å²) in [5, 5.41) is 16.4. The molecule has 11 rings (SSSR count). The number of methoxy groups -OCH3 is 1. The fourth-order valence-electron chi connectivity index (χ4n) is 9.61. The Morgan fingerprint density at radius 3 is 2.72 bits per heavy atom. The van der Waals surface area contributed by atoms with Crippen LogP contribution in [0.25, 0.3) is 44.0 Å². The molecule has 0 spiro atoms. The van der Waals surface area contributed by atoms with Crippen LogP contribution in [0.3, 0.4) is 0 Å². The number of halogens is 3. The van der Waals surface area contributed by atoms with Gasteiger partial charge in [0.25, 0.3) is 0 Å². The minimum atomic E-state index is -0.484. The highest BCUT2D eigenvalue weighted by atomic mass is 35.5. The molecule has 3 aliphatic heterocycles. The van der Waals surface area contributed by atoms with Gasteiger partial charge >= 0.3 is 0 Å². The maximum absolute atomic E-state index is 17.3. The molecule has 7 heterocycles. The molecule has 0 unspecified atom stereocenters. The number of benzene rings is 2. The van der Waals surface area contributed by atoms with Crippen molar-refractivity contribution in [2.75, 3.05) is 20.2 Å². The molecule has 1 amide bonds. The van der Waals surface area contributed by atoms with Crippen molar-refractivity contribution in [2.45, 2.75) is 69.6 Å². The number of hydrogen-bond acceptors (Lipinski definition) is 7. The zero-order valence-electron chi connectivity index (χ0n) is 29.8. The van der Waals surface area contributed by atoms with Crippen molar-refractivity contribution in [3.05, 3.63) is 81.7 Å². The van der Waals surface area contributed by atoms with E-state index < -0.39 is 5.82 Å². The van der Waals surface area contributed by atoms with Crippen LogP contribution >= 0.6 is 23.2 Å². The molecule has 1 N–H and O–H groups in total. The highest BCUT2D eigenvalue weighted by Gasteiger charge is 2.51. The van der Waals surface area contributed by atoms with Crippen LogP contribution in [-0.2, 0) is 11.2 Å². The Balaban J connectivity index is 1.20. The minimum Gasteiger partial charge on any atom is -0.480 e. The van der Waals surface area contributed by atoms with Gasteiger partial charge in [0.15, 0.2) is 5.82 Å². The quantitative estimate of drug-likeness (QED) is 0.166. The molecule has 0 radical (unpaired) electrons. The van der Waals surface area contributed by atoms with Crippen LogP contribution in [0.15, 0.2) is 48.9 Å². The van der Waals surface area contributed by atoms with E-state index in [0.29, 0.717) is 64.0 Å². The van der Waals surface area contributed by atoms with Crippen molar-refractivity contribution in [2.24, 2.45) is 11.8 Å². The first-order chi connectivity index (χ1) is 26.3. The first-order valence-electron chi connectivity index (χ1n) is 18.6. The van der Waals surface area contributed by atoms with E-state index in [1.807, 2.05) is 25.3 Å². The molecule has 274 valence electrons. The summed E-state index contributed by atoms with van der Waals surface area (Å²) in [5.41, 5.74) is 5.16. The topological polar surface area (TPSA) is 114 Å². The second kappa shape index (κ2) is 12.7. The van der Waals surface area contributed by atoms with Crippen molar-refractivity contribution >= 4 is 61.9 Å². The Morgan fingerprint density at radius 2 is 1.98 bits per heavy atom. The molecular weight excluding hydrogens is 726 g/mol. The molecule has 13 heteroatoms. The van der Waals surface area contributed by atoms with Gasteiger partial charge in [0.1, 0.15) is 17.5 Å². The molecule has 2 bridgehead atoms. The largest absolute Gasteiger partial charge is 0.480 e. The number of likely N-dealkylation sites (tertiary alicyclic amines) is 1. The number of rotatable bonds is 8. The molecule has 5 fully saturated rings. The number of nitrogens with zero attached hydrogens (tertiary/aromatic N) is 7. The predicted molar refractivity (Wildman–Crippen MR) is 205 cm³/mol. The average Bonchev–Trinajstić information content (AvgIpc) is 3.62. The van der Waals surface area contributed by atoms with E-state index in [1.54, 1.807) is 25.3 Å². The van der Waals surface area contributed by atoms with E-state index in [0.717, 1.165) is 53.4 Å². The standard InChI is InChI=1S/C41H37Cl2FN8O2/c1-20-27-16-32(31-15-24(18-51(31)41(53)21-8-9-21)50-12-10-26-39(50)47-19-48-40(26)54-2)52(37-23-14-30(37)46-17-23)38(27)28-13-22(5-4-11-45)33(35(44)36(28)49-20)25-6-3-7-29(42)34(25)43/h3,6-7,10,12-13,16,19,21,23-24,30-31,37,46H,4-5,8-9,14-15,17-18H2,1-2H3/t23-,24+,30-,31-,37+/m1/s1. The summed E-state index contributed by atoms with van der Waals surface area (Å²) >= 11 is 13.2. The molecule has 2 aromatic carbocycles. The van der Waals surface area contributed by atoms with Crippen LogP contribution < -0.4 is 10.1 Å². The number of ether oxygens (including phenoxy) is 1. The summed E-state index contributed by atoms with van der Waals surface area (Å²) in [6, 6.07) is 13.8. The van der Waals surface area contributed by atoms with Gasteiger partial charge in [0.2, 0.25) is 11.8 Å². The van der Waals surface area contributed by atoms with Gasteiger partial charge < -0.3 is 24.1 Å². The fourth-order valence-corrected chi connectivity index (χ4v) is 10.0. The predicted octanol–water partition coefficient (Wildman–Crippen LogP) is 8.28. The van der Waals surface area contributed by atoms with E-state index in [1.165, 1.54) is 6.33 Å². The number of carbonyl (C=O) groups is 1. The van der Waals surface area contributed by atoms with Crippen LogP contribution in [-0.4, -0.2) is 61.1 Å². The highest BCUT2D eigenvalue weighted by molar-refractivity contribution is 6.43. The summed E-state index contributed by atoms with van der Waals surface area (Å²) in [6.07, 6.45) is 7.63. The van der Waals surface area contributed by atoms with Gasteiger partial charge in [0.05, 0.1) is 52.3 Å². The Hall–Kier alpha value is -4.76. The summed E-state index contributed by atoms with van der Waals surface area (Å²) < 4.78 is 27.4. The van der Waals surface area contributed by atoms with Gasteiger partial charge in [-0.05, 0) is 74.8 Å². The third-order valence-corrected chi connectivity index (χ3v) is 13.1. The molecule has 3 saturated heterocycles. The van der Waals surface area contributed by atoms with E-state index in [9.17, 15) is 10.1 Å². The first kappa shape index (κ1) is 33.8. The molecule has 6 aromatic rings. The Kier molecular flexibility index (Phi) is 7.92. The average molecular weight is 764 g/mol. The number of aryl methyl sites for hydroxylation is 2. The third kappa shape index (κ3) is 4.99. The molecule has 5 aliphatic rings. The lowest BCUT2D eigenvalue weighted by Gasteiger charge is -2.39. The van der Waals surface area contributed by atoms with E-state index in [-0.39, 0.29) is 53.0 Å². The molecule has 5 atom stereocenters. The smallest absolute Gasteiger partial charge is 0.226 e. The van der Waals surface area contributed by atoms with Crippen LogP contribution in [0, 0.1) is 35.9 Å². The van der Waals surface area contributed by atoms with Gasteiger partial charge in [-0.2, -0.15) is 5.26 Å². The monoisotopic (exact) mass is 762 g/mol. The molecular formula is C41H37Cl2FN8O2. The van der Waals surface area contributed by atoms with Crippen LogP contribution in [0.1, 0.15) is 67.2 Å². The number of pyridine rings is 1. The van der Waals surface area contributed by atoms with Gasteiger partial charge in [-0.15, -0.1) is 0 Å². The van der Waals surface area contributed by atoms with Crippen LogP contribution in [0.2, 0.25) is 10.0 Å². The number of fused-ring (bicyclic) bond motifs is 5. The van der Waals surface area contributed by atoms with Crippen LogP contribution in [0.4, 0.5) is 4.39 Å². The number of amides is 1. The van der Waals surface area contributed by atoms with Crippen molar-refractivity contribution in [1.82, 2.24) is 34.3 Å². The molecule has 4 aromatic heterocycles. The van der Waals surface area contributed by atoms with Crippen molar-refractivity contribution < 1.29 is 13.9 Å². The van der Waals surface area contributed by atoms with E-state index in [4.69, 9.17) is 32.9 Å². The van der Waals surface area contributed by atoms with Crippen molar-refractivity contribution in [1.29, 1.82) is 5.26 Å². The zero-order valence-corrected chi connectivity index (χ0v) is 31.3. The maximum atomic E-state index is 17.3. The number of carbonyl (C=O) groups excluding carboxylic acids is 1. The Bertz CT molecular complexity index is 2580. The number of nitrogens with one attached hydrogen (secondary N) is 1. The maximum Gasteiger partial charge on any atom is 0.226 e. The van der Waals surface area contributed by atoms with Gasteiger partial charge in [0, 0.05) is 71.0 Å². The van der Waals surface area contributed by atoms with Crippen LogP contribution in [0.5, 0.6) is 5.88 Å². The summed E-state index contributed by atoms with van der Waals surface area (Å²) in [6.45, 7) is 3.38. The lowest BCUT2D eigenvalue weighted by atomic mass is 9.79. The second-order valence-electron chi connectivity index (χ2n) is 15.3. The van der Waals surface area contributed by atoms with Crippen molar-refractivity contribution in [3.63, 3.8) is 0 Å². The molecule has 2 saturated carbocycles. The number of hydrogen-bond donors (Lipinski definition) is 1. The highest BCUT2D eigenvalue weighted by Crippen LogP contribution is 2.52. The zero-order chi connectivity index (χ0) is 37.0. The van der Waals surface area contributed by atoms with E-state index >= 15 is 4.39 Å². The molecule has 2 aliphatic carbocycles. The number of aromatic nitrogens is 5. The molecule has 54 heavy (non-hydrogen) atoms. The summed E-state index contributed by atoms with van der Waals surface area (Å²) in [5.74, 6) is 0.659. The summed E-state index contributed by atoms with van der Waals surface area (Å²) in [4.78, 5) is 30.2. The van der Waals surface area contributed by atoms with Crippen molar-refractivity contribution in [3.8, 4) is 23.1 Å². The molecule has 10 nitrogen and oxygen atoms in total. The SMILES string of the molecule is COc1ncnc2c1ccn2[C@H]1C[C@H](c2cc3c(C)nc4c(F)c(-c5cccc(Cl)c5Cl)c(CCC#N)cc4c3n2[C@H]2[C@H]3CN[C@@H]2C3)N(C(=O)C2CC2)C1. The summed E-state index contributed by atoms with van der Waals surface area (Å²) in [7, 11) is 1.61. The van der Waals surface area contributed by atoms with Gasteiger partial charge in [-0.1, -0.05) is 35.3 Å². The fraction of sp³-hybridized carbons (Fsp3) is 0.390. The normalized spacial score (nSPS) is 23.4. The van der Waals surface area contributed by atoms with Gasteiger partial charge in [-0.3, -0.25) is 4.79 Å². The lowest BCUT2D eigenvalue weighted by Crippen LogP contribution is -2.41. The number of nitriles is 1. The first-order valence-corrected chi connectivity index (χ1v) is 19.4. The lowest BCUT2D eigenvalue weighted by molar-refractivity contribution is -0.133. The third-order valence-electron chi connectivity index (χ3n) is 12.3. The minimum absolute atomic E-state index is 0.0338. The second-order valence-corrected chi connectivity index (χ2v) is 16.1. The van der Waals surface area contributed by atoms with E-state index in [2.05, 4.69) is 41.5 Å². The Labute approximate surface area is 320 Å².